The van der Waals surface area contributed by atoms with Crippen LogP contribution in [0.5, 0.6) is 0 Å². The van der Waals surface area contributed by atoms with Gasteiger partial charge in [0.1, 0.15) is 0 Å². The number of ether oxygens (including phenoxy) is 1. The summed E-state index contributed by atoms with van der Waals surface area (Å²) in [5, 5.41) is 0. The van der Waals surface area contributed by atoms with E-state index in [1.165, 1.54) is 6.42 Å². The molecule has 9 heavy (non-hydrogen) atoms. The topological polar surface area (TPSA) is 9.23 Å². The van der Waals surface area contributed by atoms with Crippen LogP contribution in [0.15, 0.2) is 12.7 Å². The van der Waals surface area contributed by atoms with Gasteiger partial charge >= 0.3 is 0 Å². The van der Waals surface area contributed by atoms with Crippen molar-refractivity contribution in [3.8, 4) is 0 Å². The van der Waals surface area contributed by atoms with E-state index in [9.17, 15) is 0 Å². The fourth-order valence-corrected chi connectivity index (χ4v) is 1.16. The summed E-state index contributed by atoms with van der Waals surface area (Å²) in [4.78, 5) is 0. The van der Waals surface area contributed by atoms with Crippen molar-refractivity contribution >= 4 is 0 Å². The highest BCUT2D eigenvalue weighted by molar-refractivity contribution is 4.82. The van der Waals surface area contributed by atoms with Gasteiger partial charge in [0.15, 0.2) is 0 Å². The van der Waals surface area contributed by atoms with Crippen LogP contribution >= 0.6 is 0 Å². The van der Waals surface area contributed by atoms with E-state index >= 15 is 0 Å². The molecular weight excluding hydrogens is 112 g/mol. The minimum absolute atomic E-state index is 0.632. The molecule has 1 fully saturated rings. The first-order chi connectivity index (χ1) is 4.34. The van der Waals surface area contributed by atoms with Crippen LogP contribution in [0.1, 0.15) is 13.3 Å². The quantitative estimate of drug-likeness (QED) is 0.513. The Bertz CT molecular complexity index is 92.7. The standard InChI is InChI=1S/C8H14O/c1-3-7(2)8-4-5-9-6-8/h3,7-8H,1,4-6H2,2H3. The molecule has 1 rings (SSSR count). The molecule has 1 nitrogen and oxygen atoms in total. The summed E-state index contributed by atoms with van der Waals surface area (Å²) in [5.74, 6) is 1.37. The average molecular weight is 126 g/mol. The fraction of sp³-hybridized carbons (Fsp3) is 0.750. The third-order valence-electron chi connectivity index (χ3n) is 2.08. The van der Waals surface area contributed by atoms with Crippen molar-refractivity contribution in [3.05, 3.63) is 12.7 Å². The van der Waals surface area contributed by atoms with Gasteiger partial charge in [0.05, 0.1) is 6.61 Å². The van der Waals surface area contributed by atoms with E-state index in [4.69, 9.17) is 4.74 Å². The van der Waals surface area contributed by atoms with E-state index in [0.717, 1.165) is 19.1 Å². The van der Waals surface area contributed by atoms with Gasteiger partial charge in [-0.3, -0.25) is 0 Å². The molecule has 0 radical (unpaired) electrons. The summed E-state index contributed by atoms with van der Waals surface area (Å²) >= 11 is 0. The van der Waals surface area contributed by atoms with Crippen LogP contribution < -0.4 is 0 Å². The van der Waals surface area contributed by atoms with Crippen molar-refractivity contribution in [2.75, 3.05) is 13.2 Å². The van der Waals surface area contributed by atoms with Crippen LogP contribution in [0.3, 0.4) is 0 Å². The minimum atomic E-state index is 0.632. The third-order valence-corrected chi connectivity index (χ3v) is 2.08. The van der Waals surface area contributed by atoms with Crippen molar-refractivity contribution in [1.29, 1.82) is 0 Å². The monoisotopic (exact) mass is 126 g/mol. The SMILES string of the molecule is C=CC(C)C1CCOC1. The molecule has 1 aliphatic rings. The minimum Gasteiger partial charge on any atom is -0.381 e. The van der Waals surface area contributed by atoms with E-state index in [0.29, 0.717) is 5.92 Å². The van der Waals surface area contributed by atoms with E-state index in [-0.39, 0.29) is 0 Å². The smallest absolute Gasteiger partial charge is 0.0500 e. The van der Waals surface area contributed by atoms with Gasteiger partial charge in [-0.05, 0) is 18.3 Å². The van der Waals surface area contributed by atoms with E-state index in [2.05, 4.69) is 13.5 Å². The molecule has 0 aromatic heterocycles. The highest BCUT2D eigenvalue weighted by atomic mass is 16.5. The molecule has 1 heterocycles. The zero-order valence-electron chi connectivity index (χ0n) is 5.97. The van der Waals surface area contributed by atoms with Crippen LogP contribution in [-0.4, -0.2) is 13.2 Å². The molecular formula is C8H14O. The molecule has 0 amide bonds. The van der Waals surface area contributed by atoms with Crippen LogP contribution in [0, 0.1) is 11.8 Å². The van der Waals surface area contributed by atoms with Gasteiger partial charge in [0.25, 0.3) is 0 Å². The molecule has 0 saturated carbocycles. The largest absolute Gasteiger partial charge is 0.381 e. The zero-order valence-corrected chi connectivity index (χ0v) is 5.97. The summed E-state index contributed by atoms with van der Waals surface area (Å²) in [7, 11) is 0. The molecule has 0 bridgehead atoms. The Hall–Kier alpha value is -0.300. The Morgan fingerprint density at radius 1 is 1.78 bits per heavy atom. The van der Waals surface area contributed by atoms with Gasteiger partial charge in [0.2, 0.25) is 0 Å². The molecule has 0 aliphatic carbocycles. The first-order valence-corrected chi connectivity index (χ1v) is 3.55. The van der Waals surface area contributed by atoms with Gasteiger partial charge in [-0.1, -0.05) is 13.0 Å². The molecule has 2 unspecified atom stereocenters. The van der Waals surface area contributed by atoms with Crippen molar-refractivity contribution < 1.29 is 4.74 Å². The molecule has 2 atom stereocenters. The van der Waals surface area contributed by atoms with Crippen molar-refractivity contribution in [3.63, 3.8) is 0 Å². The zero-order chi connectivity index (χ0) is 6.69. The predicted octanol–water partition coefficient (Wildman–Crippen LogP) is 1.84. The van der Waals surface area contributed by atoms with E-state index < -0.39 is 0 Å². The lowest BCUT2D eigenvalue weighted by Gasteiger charge is -2.11. The maximum atomic E-state index is 5.23. The van der Waals surface area contributed by atoms with Gasteiger partial charge in [-0.25, -0.2) is 0 Å². The maximum Gasteiger partial charge on any atom is 0.0500 e. The molecule has 0 aromatic rings. The van der Waals surface area contributed by atoms with Gasteiger partial charge in [0, 0.05) is 6.61 Å². The second-order valence-corrected chi connectivity index (χ2v) is 2.72. The summed E-state index contributed by atoms with van der Waals surface area (Å²) < 4.78 is 5.23. The Balaban J connectivity index is 2.32. The normalized spacial score (nSPS) is 30.1. The molecule has 1 heteroatoms. The van der Waals surface area contributed by atoms with E-state index in [1.54, 1.807) is 0 Å². The molecule has 0 N–H and O–H groups in total. The van der Waals surface area contributed by atoms with Crippen molar-refractivity contribution in [1.82, 2.24) is 0 Å². The van der Waals surface area contributed by atoms with Crippen LogP contribution in [0.25, 0.3) is 0 Å². The number of allylic oxidation sites excluding steroid dienone is 1. The third kappa shape index (κ3) is 1.55. The Morgan fingerprint density at radius 3 is 3.00 bits per heavy atom. The highest BCUT2D eigenvalue weighted by Gasteiger charge is 2.19. The fourth-order valence-electron chi connectivity index (χ4n) is 1.16. The summed E-state index contributed by atoms with van der Waals surface area (Å²) in [6.07, 6.45) is 3.23. The molecule has 52 valence electrons. The lowest BCUT2D eigenvalue weighted by molar-refractivity contribution is 0.179. The summed E-state index contributed by atoms with van der Waals surface area (Å²) in [6.45, 7) is 7.84. The Morgan fingerprint density at radius 2 is 2.56 bits per heavy atom. The molecule has 0 spiro atoms. The highest BCUT2D eigenvalue weighted by Crippen LogP contribution is 2.21. The Kier molecular flexibility index (Phi) is 2.29. The first-order valence-electron chi connectivity index (χ1n) is 3.55. The number of hydrogen-bond acceptors (Lipinski definition) is 1. The van der Waals surface area contributed by atoms with Crippen LogP contribution in [0.4, 0.5) is 0 Å². The van der Waals surface area contributed by atoms with Crippen molar-refractivity contribution in [2.45, 2.75) is 13.3 Å². The second-order valence-electron chi connectivity index (χ2n) is 2.72. The number of rotatable bonds is 2. The molecule has 1 aliphatic heterocycles. The lowest BCUT2D eigenvalue weighted by atomic mass is 9.94. The first kappa shape index (κ1) is 6.81. The van der Waals surface area contributed by atoms with Gasteiger partial charge < -0.3 is 4.74 Å². The van der Waals surface area contributed by atoms with Crippen LogP contribution in [0.2, 0.25) is 0 Å². The average Bonchev–Trinajstić information content (AvgIpc) is 2.37. The number of hydrogen-bond donors (Lipinski definition) is 0. The summed E-state index contributed by atoms with van der Waals surface area (Å²) in [6, 6.07) is 0. The van der Waals surface area contributed by atoms with E-state index in [1.807, 2.05) is 6.08 Å². The molecule has 0 aromatic carbocycles. The maximum absolute atomic E-state index is 5.23. The molecule has 1 saturated heterocycles. The van der Waals surface area contributed by atoms with Crippen molar-refractivity contribution in [2.24, 2.45) is 11.8 Å². The van der Waals surface area contributed by atoms with Gasteiger partial charge in [-0.15, -0.1) is 6.58 Å². The lowest BCUT2D eigenvalue weighted by Crippen LogP contribution is -2.07. The predicted molar refractivity (Wildman–Crippen MR) is 38.3 cm³/mol. The van der Waals surface area contributed by atoms with Crippen LogP contribution in [-0.2, 0) is 4.74 Å². The second kappa shape index (κ2) is 3.02. The summed E-state index contributed by atoms with van der Waals surface area (Å²) in [5.41, 5.74) is 0. The Labute approximate surface area is 56.7 Å². The van der Waals surface area contributed by atoms with Gasteiger partial charge in [-0.2, -0.15) is 0 Å².